The van der Waals surface area contributed by atoms with Crippen molar-refractivity contribution >= 4 is 5.91 Å². The molecule has 0 unspecified atom stereocenters. The molecular weight excluding hydrogens is 192 g/mol. The summed E-state index contributed by atoms with van der Waals surface area (Å²) < 4.78 is 5.22. The summed E-state index contributed by atoms with van der Waals surface area (Å²) in [5.41, 5.74) is 0. The lowest BCUT2D eigenvalue weighted by Gasteiger charge is -2.06. The minimum atomic E-state index is 0.0115. The number of nitrogens with one attached hydrogen (secondary N) is 2. The van der Waals surface area contributed by atoms with Crippen LogP contribution in [0.25, 0.3) is 0 Å². The van der Waals surface area contributed by atoms with Crippen LogP contribution < -0.4 is 10.6 Å². The lowest BCUT2D eigenvalue weighted by molar-refractivity contribution is -0.125. The first-order valence-corrected chi connectivity index (χ1v) is 5.88. The molecule has 1 fully saturated rings. The second-order valence-corrected chi connectivity index (χ2v) is 4.05. The summed E-state index contributed by atoms with van der Waals surface area (Å²) >= 11 is 0. The third-order valence-corrected chi connectivity index (χ3v) is 2.37. The molecule has 0 aliphatic heterocycles. The first-order valence-electron chi connectivity index (χ1n) is 5.88. The van der Waals surface area contributed by atoms with Crippen molar-refractivity contribution in [3.8, 4) is 0 Å². The van der Waals surface area contributed by atoms with Gasteiger partial charge in [0.25, 0.3) is 0 Å². The zero-order chi connectivity index (χ0) is 10.9. The zero-order valence-corrected chi connectivity index (χ0v) is 9.55. The summed E-state index contributed by atoms with van der Waals surface area (Å²) in [5, 5.41) is 6.07. The van der Waals surface area contributed by atoms with Gasteiger partial charge in [0.05, 0.1) is 6.61 Å². The molecule has 1 saturated carbocycles. The van der Waals surface area contributed by atoms with Crippen molar-refractivity contribution < 1.29 is 9.53 Å². The maximum absolute atomic E-state index is 11.2. The topological polar surface area (TPSA) is 50.4 Å². The minimum Gasteiger partial charge on any atom is -0.370 e. The first kappa shape index (κ1) is 12.5. The van der Waals surface area contributed by atoms with Crippen molar-refractivity contribution in [1.82, 2.24) is 10.6 Å². The van der Waals surface area contributed by atoms with Gasteiger partial charge in [-0.1, -0.05) is 6.92 Å². The fourth-order valence-corrected chi connectivity index (χ4v) is 1.24. The number of carbonyl (C=O) groups excluding carboxylic acids is 1. The summed E-state index contributed by atoms with van der Waals surface area (Å²) in [5.74, 6) is 0.748. The van der Waals surface area contributed by atoms with Crippen molar-refractivity contribution in [2.45, 2.75) is 26.2 Å². The maximum atomic E-state index is 11.2. The Kier molecular flexibility index (Phi) is 6.36. The average molecular weight is 214 g/mol. The summed E-state index contributed by atoms with van der Waals surface area (Å²) in [7, 11) is 0. The number of carbonyl (C=O) groups is 1. The van der Waals surface area contributed by atoms with Crippen LogP contribution in [0.5, 0.6) is 0 Å². The highest BCUT2D eigenvalue weighted by Gasteiger charge is 2.21. The van der Waals surface area contributed by atoms with Gasteiger partial charge in [-0.15, -0.1) is 0 Å². The lowest BCUT2D eigenvalue weighted by Crippen LogP contribution is -2.30. The maximum Gasteiger partial charge on any atom is 0.246 e. The molecule has 1 rings (SSSR count). The molecular formula is C11H22N2O2. The van der Waals surface area contributed by atoms with Gasteiger partial charge >= 0.3 is 0 Å². The third-order valence-electron chi connectivity index (χ3n) is 2.37. The van der Waals surface area contributed by atoms with Crippen LogP contribution in [0.3, 0.4) is 0 Å². The van der Waals surface area contributed by atoms with Gasteiger partial charge in [-0.25, -0.2) is 0 Å². The molecule has 1 aliphatic rings. The SMILES string of the molecule is CCCNCCOCC(=O)NCC1CC1. The number of amides is 1. The molecule has 0 atom stereocenters. The van der Waals surface area contributed by atoms with Crippen molar-refractivity contribution in [2.75, 3.05) is 32.8 Å². The zero-order valence-electron chi connectivity index (χ0n) is 9.55. The van der Waals surface area contributed by atoms with E-state index >= 15 is 0 Å². The largest absolute Gasteiger partial charge is 0.370 e. The normalized spacial score (nSPS) is 15.3. The molecule has 1 amide bonds. The predicted molar refractivity (Wildman–Crippen MR) is 59.7 cm³/mol. The Morgan fingerprint density at radius 3 is 2.87 bits per heavy atom. The Labute approximate surface area is 91.8 Å². The quantitative estimate of drug-likeness (QED) is 0.550. The van der Waals surface area contributed by atoms with Crippen molar-refractivity contribution in [1.29, 1.82) is 0 Å². The van der Waals surface area contributed by atoms with Crippen molar-refractivity contribution in [3.05, 3.63) is 0 Å². The highest BCUT2D eigenvalue weighted by atomic mass is 16.5. The van der Waals surface area contributed by atoms with E-state index in [1.165, 1.54) is 12.8 Å². The highest BCUT2D eigenvalue weighted by Crippen LogP contribution is 2.27. The van der Waals surface area contributed by atoms with Crippen LogP contribution in [0.1, 0.15) is 26.2 Å². The molecule has 0 aromatic carbocycles. The fraction of sp³-hybridized carbons (Fsp3) is 0.909. The molecule has 0 aromatic heterocycles. The van der Waals surface area contributed by atoms with Gasteiger partial charge in [-0.2, -0.15) is 0 Å². The Balaban J connectivity index is 1.79. The fourth-order valence-electron chi connectivity index (χ4n) is 1.24. The molecule has 4 heteroatoms. The highest BCUT2D eigenvalue weighted by molar-refractivity contribution is 5.77. The van der Waals surface area contributed by atoms with E-state index in [1.807, 2.05) is 0 Å². The van der Waals surface area contributed by atoms with E-state index < -0.39 is 0 Å². The van der Waals surface area contributed by atoms with Gasteiger partial charge in [-0.3, -0.25) is 4.79 Å². The number of hydrogen-bond acceptors (Lipinski definition) is 3. The minimum absolute atomic E-state index is 0.0115. The van der Waals surface area contributed by atoms with E-state index in [-0.39, 0.29) is 12.5 Å². The van der Waals surface area contributed by atoms with E-state index in [2.05, 4.69) is 17.6 Å². The Morgan fingerprint density at radius 1 is 1.40 bits per heavy atom. The Morgan fingerprint density at radius 2 is 2.20 bits per heavy atom. The van der Waals surface area contributed by atoms with Crippen LogP contribution >= 0.6 is 0 Å². The summed E-state index contributed by atoms with van der Waals surface area (Å²) in [4.78, 5) is 11.2. The molecule has 0 spiro atoms. The number of rotatable bonds is 9. The Hall–Kier alpha value is -0.610. The molecule has 0 heterocycles. The molecule has 1 aliphatic carbocycles. The summed E-state index contributed by atoms with van der Waals surface area (Å²) in [6.45, 7) is 5.59. The van der Waals surface area contributed by atoms with E-state index in [1.54, 1.807) is 0 Å². The summed E-state index contributed by atoms with van der Waals surface area (Å²) in [6.07, 6.45) is 3.66. The molecule has 0 radical (unpaired) electrons. The van der Waals surface area contributed by atoms with Crippen LogP contribution in [-0.2, 0) is 9.53 Å². The average Bonchev–Trinajstić information content (AvgIpc) is 3.04. The third kappa shape index (κ3) is 7.33. The van der Waals surface area contributed by atoms with E-state index in [0.717, 1.165) is 32.0 Å². The standard InChI is InChI=1S/C11H22N2O2/c1-2-5-12-6-7-15-9-11(14)13-8-10-3-4-10/h10,12H,2-9H2,1H3,(H,13,14). The van der Waals surface area contributed by atoms with Gasteiger partial charge in [0.15, 0.2) is 0 Å². The van der Waals surface area contributed by atoms with Gasteiger partial charge in [0.2, 0.25) is 5.91 Å². The number of ether oxygens (including phenoxy) is 1. The summed E-state index contributed by atoms with van der Waals surface area (Å²) in [6, 6.07) is 0. The molecule has 2 N–H and O–H groups in total. The monoisotopic (exact) mass is 214 g/mol. The molecule has 4 nitrogen and oxygen atoms in total. The second-order valence-electron chi connectivity index (χ2n) is 4.05. The smallest absolute Gasteiger partial charge is 0.246 e. The van der Waals surface area contributed by atoms with E-state index in [9.17, 15) is 4.79 Å². The Bertz CT molecular complexity index is 181. The molecule has 15 heavy (non-hydrogen) atoms. The molecule has 88 valence electrons. The van der Waals surface area contributed by atoms with Crippen LogP contribution in [0, 0.1) is 5.92 Å². The second kappa shape index (κ2) is 7.65. The van der Waals surface area contributed by atoms with Crippen LogP contribution in [-0.4, -0.2) is 38.8 Å². The molecule has 0 aromatic rings. The van der Waals surface area contributed by atoms with Crippen molar-refractivity contribution in [3.63, 3.8) is 0 Å². The predicted octanol–water partition coefficient (Wildman–Crippen LogP) is 0.529. The van der Waals surface area contributed by atoms with E-state index in [0.29, 0.717) is 6.61 Å². The van der Waals surface area contributed by atoms with Crippen LogP contribution in [0.15, 0.2) is 0 Å². The van der Waals surface area contributed by atoms with Crippen molar-refractivity contribution in [2.24, 2.45) is 5.92 Å². The van der Waals surface area contributed by atoms with Gasteiger partial charge < -0.3 is 15.4 Å². The lowest BCUT2D eigenvalue weighted by atomic mass is 10.4. The number of hydrogen-bond donors (Lipinski definition) is 2. The molecule has 0 bridgehead atoms. The first-order chi connectivity index (χ1) is 7.33. The van der Waals surface area contributed by atoms with Crippen LogP contribution in [0.4, 0.5) is 0 Å². The van der Waals surface area contributed by atoms with Gasteiger partial charge in [0.1, 0.15) is 6.61 Å². The van der Waals surface area contributed by atoms with Crippen LogP contribution in [0.2, 0.25) is 0 Å². The van der Waals surface area contributed by atoms with Gasteiger partial charge in [-0.05, 0) is 31.7 Å². The van der Waals surface area contributed by atoms with E-state index in [4.69, 9.17) is 4.74 Å². The van der Waals surface area contributed by atoms with Gasteiger partial charge in [0, 0.05) is 13.1 Å². The molecule has 0 saturated heterocycles.